The van der Waals surface area contributed by atoms with Crippen molar-refractivity contribution < 1.29 is 0 Å². The zero-order valence-corrected chi connectivity index (χ0v) is 6.35. The van der Waals surface area contributed by atoms with Crippen LogP contribution in [0.3, 0.4) is 0 Å². The molecule has 1 aromatic heterocycles. The summed E-state index contributed by atoms with van der Waals surface area (Å²) < 4.78 is 0. The molecule has 0 N–H and O–H groups in total. The third-order valence-corrected chi connectivity index (χ3v) is 1.25. The van der Waals surface area contributed by atoms with Gasteiger partial charge in [0.15, 0.2) is 0 Å². The first-order valence-corrected chi connectivity index (χ1v) is 3.24. The van der Waals surface area contributed by atoms with Crippen LogP contribution in [0.5, 0.6) is 0 Å². The van der Waals surface area contributed by atoms with E-state index < -0.39 is 0 Å². The molecule has 1 aromatic rings. The lowest BCUT2D eigenvalue weighted by molar-refractivity contribution is 1.25. The summed E-state index contributed by atoms with van der Waals surface area (Å²) in [6.07, 6.45) is 3.42. The van der Waals surface area contributed by atoms with Crippen LogP contribution in [0.1, 0.15) is 5.56 Å². The molecule has 0 amide bonds. The number of hydrogen-bond donors (Lipinski definition) is 0. The molecule has 0 radical (unpaired) electrons. The van der Waals surface area contributed by atoms with Crippen molar-refractivity contribution in [2.45, 2.75) is 6.92 Å². The molecule has 0 bridgehead atoms. The normalized spacial score (nSPS) is 8.50. The average molecular weight is 150 g/mol. The Morgan fingerprint density at radius 1 is 1.70 bits per heavy atom. The monoisotopic (exact) mass is 150 g/mol. The van der Waals surface area contributed by atoms with Crippen LogP contribution in [0.15, 0.2) is 23.5 Å². The van der Waals surface area contributed by atoms with E-state index in [1.54, 1.807) is 18.5 Å². The third kappa shape index (κ3) is 1.47. The van der Waals surface area contributed by atoms with Crippen molar-refractivity contribution in [2.24, 2.45) is 4.99 Å². The van der Waals surface area contributed by atoms with Gasteiger partial charge in [-0.1, -0.05) is 0 Å². The number of aryl methyl sites for hydroxylation is 1. The predicted molar refractivity (Wildman–Crippen MR) is 43.7 cm³/mol. The fourth-order valence-electron chi connectivity index (χ4n) is 0.641. The van der Waals surface area contributed by atoms with Crippen LogP contribution in [0, 0.1) is 6.92 Å². The second kappa shape index (κ2) is 3.20. The highest BCUT2D eigenvalue weighted by molar-refractivity contribution is 7.78. The summed E-state index contributed by atoms with van der Waals surface area (Å²) in [5.41, 5.74) is 1.85. The van der Waals surface area contributed by atoms with Crippen LogP contribution in [0.25, 0.3) is 0 Å². The van der Waals surface area contributed by atoms with Gasteiger partial charge in [0.25, 0.3) is 0 Å². The Hall–Kier alpha value is -1.05. The van der Waals surface area contributed by atoms with Gasteiger partial charge in [0, 0.05) is 12.4 Å². The largest absolute Gasteiger partial charge is 0.264 e. The Balaban J connectivity index is 3.14. The van der Waals surface area contributed by atoms with Gasteiger partial charge in [0.2, 0.25) is 0 Å². The minimum atomic E-state index is 0.838. The van der Waals surface area contributed by atoms with Gasteiger partial charge in [-0.2, -0.15) is 4.99 Å². The maximum atomic E-state index is 4.46. The Bertz CT molecular complexity index is 277. The molecule has 0 saturated heterocycles. The summed E-state index contributed by atoms with van der Waals surface area (Å²) in [6, 6.07) is 1.80. The number of aliphatic imine (C=N–C) groups is 1. The van der Waals surface area contributed by atoms with E-state index in [4.69, 9.17) is 0 Å². The Labute approximate surface area is 64.6 Å². The number of aromatic nitrogens is 1. The molecule has 10 heavy (non-hydrogen) atoms. The number of isothiocyanates is 1. The van der Waals surface area contributed by atoms with Crippen LogP contribution in [-0.4, -0.2) is 10.1 Å². The molecule has 0 fully saturated rings. The molecule has 1 heterocycles. The van der Waals surface area contributed by atoms with Crippen molar-refractivity contribution in [1.29, 1.82) is 0 Å². The molecule has 0 spiro atoms. The predicted octanol–water partition coefficient (Wildman–Crippen LogP) is 2.12. The average Bonchev–Trinajstić information content (AvgIpc) is 1.94. The van der Waals surface area contributed by atoms with Crippen molar-refractivity contribution in [3.05, 3.63) is 24.0 Å². The summed E-state index contributed by atoms with van der Waals surface area (Å²) in [6.45, 7) is 1.93. The van der Waals surface area contributed by atoms with E-state index in [2.05, 4.69) is 27.4 Å². The van der Waals surface area contributed by atoms with Crippen LogP contribution < -0.4 is 0 Å². The van der Waals surface area contributed by atoms with Crippen LogP contribution in [-0.2, 0) is 0 Å². The lowest BCUT2D eigenvalue weighted by atomic mass is 10.3. The van der Waals surface area contributed by atoms with Gasteiger partial charge >= 0.3 is 0 Å². The van der Waals surface area contributed by atoms with Gasteiger partial charge in [-0.15, -0.1) is 0 Å². The van der Waals surface area contributed by atoms with Crippen molar-refractivity contribution in [3.63, 3.8) is 0 Å². The van der Waals surface area contributed by atoms with E-state index in [0.717, 1.165) is 11.3 Å². The van der Waals surface area contributed by atoms with E-state index in [-0.39, 0.29) is 0 Å². The standard InChI is InChI=1S/C7H6N2S/c1-6-4-8-3-2-7(6)9-5-10/h2-4H,1H3. The number of hydrogen-bond acceptors (Lipinski definition) is 3. The maximum Gasteiger partial charge on any atom is 0.0799 e. The third-order valence-electron chi connectivity index (χ3n) is 1.16. The minimum absolute atomic E-state index is 0.838. The maximum absolute atomic E-state index is 4.46. The fraction of sp³-hybridized carbons (Fsp3) is 0.143. The lowest BCUT2D eigenvalue weighted by Crippen LogP contribution is -1.74. The first-order valence-electron chi connectivity index (χ1n) is 2.83. The summed E-state index contributed by atoms with van der Waals surface area (Å²) in [7, 11) is 0. The first-order chi connectivity index (χ1) is 4.84. The molecular formula is C7H6N2S. The molecule has 3 heteroatoms. The minimum Gasteiger partial charge on any atom is -0.264 e. The topological polar surface area (TPSA) is 25.2 Å². The Kier molecular flexibility index (Phi) is 2.26. The van der Waals surface area contributed by atoms with Gasteiger partial charge in [-0.3, -0.25) is 4.98 Å². The SMILES string of the molecule is Cc1cnccc1N=C=S. The van der Waals surface area contributed by atoms with Crippen molar-refractivity contribution in [3.8, 4) is 0 Å². The van der Waals surface area contributed by atoms with Crippen molar-refractivity contribution >= 4 is 23.1 Å². The van der Waals surface area contributed by atoms with E-state index >= 15 is 0 Å². The quantitative estimate of drug-likeness (QED) is 0.452. The first kappa shape index (κ1) is 7.06. The molecule has 0 aromatic carbocycles. The summed E-state index contributed by atoms with van der Waals surface area (Å²) in [5.74, 6) is 0. The zero-order valence-electron chi connectivity index (χ0n) is 5.53. The van der Waals surface area contributed by atoms with Crippen molar-refractivity contribution in [2.75, 3.05) is 0 Å². The van der Waals surface area contributed by atoms with Crippen LogP contribution in [0.2, 0.25) is 0 Å². The van der Waals surface area contributed by atoms with Gasteiger partial charge in [-0.05, 0) is 30.8 Å². The molecule has 1 rings (SSSR count). The summed E-state index contributed by atoms with van der Waals surface area (Å²) in [5, 5.41) is 2.31. The Morgan fingerprint density at radius 2 is 2.50 bits per heavy atom. The van der Waals surface area contributed by atoms with E-state index in [1.165, 1.54) is 0 Å². The molecule has 0 saturated carbocycles. The molecule has 0 atom stereocenters. The number of rotatable bonds is 1. The molecule has 0 aliphatic carbocycles. The van der Waals surface area contributed by atoms with Gasteiger partial charge in [0.05, 0.1) is 10.8 Å². The lowest BCUT2D eigenvalue weighted by Gasteiger charge is -1.92. The van der Waals surface area contributed by atoms with E-state index in [9.17, 15) is 0 Å². The number of pyridine rings is 1. The fourth-order valence-corrected chi connectivity index (χ4v) is 0.739. The Morgan fingerprint density at radius 3 is 3.10 bits per heavy atom. The van der Waals surface area contributed by atoms with E-state index in [1.807, 2.05) is 6.92 Å². The van der Waals surface area contributed by atoms with E-state index in [0.29, 0.717) is 0 Å². The van der Waals surface area contributed by atoms with Gasteiger partial charge in [-0.25, -0.2) is 0 Å². The molecule has 50 valence electrons. The van der Waals surface area contributed by atoms with Crippen molar-refractivity contribution in [1.82, 2.24) is 4.98 Å². The zero-order chi connectivity index (χ0) is 7.40. The summed E-state index contributed by atoms with van der Waals surface area (Å²) >= 11 is 4.46. The van der Waals surface area contributed by atoms with Gasteiger partial charge < -0.3 is 0 Å². The summed E-state index contributed by atoms with van der Waals surface area (Å²) in [4.78, 5) is 7.74. The number of nitrogens with zero attached hydrogens (tertiary/aromatic N) is 2. The van der Waals surface area contributed by atoms with Crippen LogP contribution >= 0.6 is 12.2 Å². The molecule has 2 nitrogen and oxygen atoms in total. The molecule has 0 aliphatic heterocycles. The van der Waals surface area contributed by atoms with Gasteiger partial charge in [0.1, 0.15) is 0 Å². The second-order valence-corrected chi connectivity index (χ2v) is 2.05. The molecule has 0 aliphatic rings. The van der Waals surface area contributed by atoms with Crippen LogP contribution in [0.4, 0.5) is 5.69 Å². The number of thiocarbonyl (C=S) groups is 1. The highest BCUT2D eigenvalue weighted by atomic mass is 32.1. The highest BCUT2D eigenvalue weighted by Gasteiger charge is 1.90. The molecular weight excluding hydrogens is 144 g/mol. The smallest absolute Gasteiger partial charge is 0.0799 e. The second-order valence-electron chi connectivity index (χ2n) is 1.87. The highest BCUT2D eigenvalue weighted by Crippen LogP contribution is 2.13. The molecule has 0 unspecified atom stereocenters.